The van der Waals surface area contributed by atoms with Gasteiger partial charge in [-0.15, -0.1) is 0 Å². The summed E-state index contributed by atoms with van der Waals surface area (Å²) in [4.78, 5) is 32.5. The Labute approximate surface area is 163 Å². The zero-order chi connectivity index (χ0) is 19.6. The second-order valence-corrected chi connectivity index (χ2v) is 7.53. The van der Waals surface area contributed by atoms with Crippen LogP contribution in [-0.4, -0.2) is 27.3 Å². The number of hydrogen-bond donors (Lipinski definition) is 3. The number of amides is 2. The number of H-pyrrole nitrogens is 1. The number of rotatable bonds is 4. The van der Waals surface area contributed by atoms with Crippen LogP contribution in [0.2, 0.25) is 0 Å². The van der Waals surface area contributed by atoms with Crippen LogP contribution in [0, 0.1) is 0 Å². The number of carbonyl (C=O) groups is 2. The molecule has 0 bridgehead atoms. The number of aromatic amines is 1. The van der Waals surface area contributed by atoms with Gasteiger partial charge in [-0.1, -0.05) is 43.9 Å². The second kappa shape index (κ2) is 7.46. The average molecular weight is 376 g/mol. The molecule has 0 spiro atoms. The number of nitrogens with two attached hydrogens (primary N) is 1. The van der Waals surface area contributed by atoms with E-state index in [2.05, 4.69) is 15.3 Å². The Morgan fingerprint density at radius 2 is 1.75 bits per heavy atom. The molecule has 4 rings (SSSR count). The molecular formula is C22H24N4O2. The van der Waals surface area contributed by atoms with Crippen LogP contribution >= 0.6 is 0 Å². The molecule has 4 N–H and O–H groups in total. The fraction of sp³-hybridized carbons (Fsp3) is 0.318. The first-order valence-corrected chi connectivity index (χ1v) is 9.73. The maximum atomic E-state index is 13.0. The SMILES string of the molecule is NC(=O)C1(NC(=O)c2cccc(-c3ccc4nc[nH]c4c3)c2)CCCCCC1. The highest BCUT2D eigenvalue weighted by atomic mass is 16.2. The van der Waals surface area contributed by atoms with Gasteiger partial charge in [0.2, 0.25) is 5.91 Å². The van der Waals surface area contributed by atoms with Gasteiger partial charge in [0, 0.05) is 5.56 Å². The number of aromatic nitrogens is 2. The Morgan fingerprint density at radius 1 is 1.00 bits per heavy atom. The highest BCUT2D eigenvalue weighted by Crippen LogP contribution is 2.28. The highest BCUT2D eigenvalue weighted by molar-refractivity contribution is 6.00. The number of primary amides is 1. The van der Waals surface area contributed by atoms with Crippen molar-refractivity contribution >= 4 is 22.8 Å². The Bertz CT molecular complexity index is 1020. The third-order valence-corrected chi connectivity index (χ3v) is 5.66. The number of carbonyl (C=O) groups excluding carboxylic acids is 2. The minimum Gasteiger partial charge on any atom is -0.368 e. The van der Waals surface area contributed by atoms with E-state index in [-0.39, 0.29) is 5.91 Å². The molecule has 1 heterocycles. The lowest BCUT2D eigenvalue weighted by molar-refractivity contribution is -0.124. The number of nitrogens with one attached hydrogen (secondary N) is 2. The Hall–Kier alpha value is -3.15. The molecule has 1 saturated carbocycles. The molecule has 0 radical (unpaired) electrons. The van der Waals surface area contributed by atoms with E-state index in [0.29, 0.717) is 18.4 Å². The average Bonchev–Trinajstić information content (AvgIpc) is 3.05. The Balaban J connectivity index is 1.61. The van der Waals surface area contributed by atoms with Crippen molar-refractivity contribution in [3.63, 3.8) is 0 Å². The topological polar surface area (TPSA) is 101 Å². The molecule has 2 amide bonds. The minimum absolute atomic E-state index is 0.259. The van der Waals surface area contributed by atoms with E-state index in [0.717, 1.165) is 47.8 Å². The van der Waals surface area contributed by atoms with E-state index in [1.165, 1.54) is 0 Å². The Kier molecular flexibility index (Phi) is 4.86. The standard InChI is InChI=1S/C22H24N4O2/c23-21(28)22(10-3-1-2-4-11-22)26-20(27)17-7-5-6-15(12-17)16-8-9-18-19(13-16)25-14-24-18/h5-9,12-14H,1-4,10-11H2,(H2,23,28)(H,24,25)(H,26,27). The second-order valence-electron chi connectivity index (χ2n) is 7.53. The van der Waals surface area contributed by atoms with Gasteiger partial charge in [-0.3, -0.25) is 9.59 Å². The summed E-state index contributed by atoms with van der Waals surface area (Å²) < 4.78 is 0. The zero-order valence-electron chi connectivity index (χ0n) is 15.7. The van der Waals surface area contributed by atoms with Crippen LogP contribution < -0.4 is 11.1 Å². The molecule has 1 aromatic heterocycles. The first kappa shape index (κ1) is 18.2. The van der Waals surface area contributed by atoms with Crippen LogP contribution in [0.3, 0.4) is 0 Å². The molecule has 3 aromatic rings. The molecule has 0 aliphatic heterocycles. The summed E-state index contributed by atoms with van der Waals surface area (Å²) in [6.45, 7) is 0. The number of benzene rings is 2. The first-order valence-electron chi connectivity index (χ1n) is 9.73. The molecule has 0 unspecified atom stereocenters. The molecule has 6 heteroatoms. The molecule has 28 heavy (non-hydrogen) atoms. The van der Waals surface area contributed by atoms with Crippen molar-refractivity contribution in [2.24, 2.45) is 5.73 Å². The lowest BCUT2D eigenvalue weighted by Crippen LogP contribution is -2.57. The van der Waals surface area contributed by atoms with Gasteiger partial charge < -0.3 is 16.0 Å². The quantitative estimate of drug-likeness (QED) is 0.607. The lowest BCUT2D eigenvalue weighted by Gasteiger charge is -2.30. The molecule has 0 atom stereocenters. The molecule has 0 saturated heterocycles. The van der Waals surface area contributed by atoms with E-state index in [9.17, 15) is 9.59 Å². The van der Waals surface area contributed by atoms with Crippen LogP contribution in [0.1, 0.15) is 48.9 Å². The zero-order valence-corrected chi connectivity index (χ0v) is 15.7. The van der Waals surface area contributed by atoms with Gasteiger partial charge >= 0.3 is 0 Å². The van der Waals surface area contributed by atoms with E-state index in [1.807, 2.05) is 36.4 Å². The van der Waals surface area contributed by atoms with Crippen molar-refractivity contribution in [1.82, 2.24) is 15.3 Å². The van der Waals surface area contributed by atoms with E-state index in [4.69, 9.17) is 5.73 Å². The van der Waals surface area contributed by atoms with Gasteiger partial charge in [-0.05, 0) is 48.2 Å². The monoisotopic (exact) mass is 376 g/mol. The van der Waals surface area contributed by atoms with Gasteiger partial charge in [-0.2, -0.15) is 0 Å². The highest BCUT2D eigenvalue weighted by Gasteiger charge is 2.38. The fourth-order valence-electron chi connectivity index (χ4n) is 4.01. The molecular weight excluding hydrogens is 352 g/mol. The lowest BCUT2D eigenvalue weighted by atomic mass is 9.88. The predicted octanol–water partition coefficient (Wildman–Crippen LogP) is 3.54. The summed E-state index contributed by atoms with van der Waals surface area (Å²) in [5.41, 5.74) is 9.03. The maximum Gasteiger partial charge on any atom is 0.252 e. The third-order valence-electron chi connectivity index (χ3n) is 5.66. The summed E-state index contributed by atoms with van der Waals surface area (Å²) in [6, 6.07) is 13.4. The number of nitrogens with zero attached hydrogens (tertiary/aromatic N) is 1. The first-order chi connectivity index (χ1) is 13.6. The maximum absolute atomic E-state index is 13.0. The summed E-state index contributed by atoms with van der Waals surface area (Å²) in [6.07, 6.45) is 6.79. The third kappa shape index (κ3) is 3.50. The van der Waals surface area contributed by atoms with Gasteiger partial charge in [0.15, 0.2) is 0 Å². The summed E-state index contributed by atoms with van der Waals surface area (Å²) in [5, 5.41) is 2.96. The van der Waals surface area contributed by atoms with Crippen molar-refractivity contribution < 1.29 is 9.59 Å². The van der Waals surface area contributed by atoms with Crippen LogP contribution in [-0.2, 0) is 4.79 Å². The Morgan fingerprint density at radius 3 is 2.50 bits per heavy atom. The van der Waals surface area contributed by atoms with Gasteiger partial charge in [0.1, 0.15) is 5.54 Å². The van der Waals surface area contributed by atoms with Crippen LogP contribution in [0.25, 0.3) is 22.2 Å². The normalized spacial score (nSPS) is 16.4. The van der Waals surface area contributed by atoms with Crippen molar-refractivity contribution in [1.29, 1.82) is 0 Å². The number of fused-ring (bicyclic) bond motifs is 1. The molecule has 1 aliphatic rings. The minimum atomic E-state index is -0.946. The van der Waals surface area contributed by atoms with E-state index >= 15 is 0 Å². The predicted molar refractivity (Wildman–Crippen MR) is 109 cm³/mol. The van der Waals surface area contributed by atoms with Crippen LogP contribution in [0.15, 0.2) is 48.8 Å². The van der Waals surface area contributed by atoms with Crippen molar-refractivity contribution in [2.75, 3.05) is 0 Å². The van der Waals surface area contributed by atoms with Gasteiger partial charge in [0.05, 0.1) is 17.4 Å². The molecule has 144 valence electrons. The van der Waals surface area contributed by atoms with Crippen molar-refractivity contribution in [2.45, 2.75) is 44.1 Å². The van der Waals surface area contributed by atoms with Crippen LogP contribution in [0.5, 0.6) is 0 Å². The van der Waals surface area contributed by atoms with Gasteiger partial charge in [-0.25, -0.2) is 4.98 Å². The molecule has 1 aliphatic carbocycles. The number of hydrogen-bond acceptors (Lipinski definition) is 3. The van der Waals surface area contributed by atoms with E-state index < -0.39 is 11.4 Å². The summed E-state index contributed by atoms with van der Waals surface area (Å²) >= 11 is 0. The van der Waals surface area contributed by atoms with Crippen molar-refractivity contribution in [3.8, 4) is 11.1 Å². The van der Waals surface area contributed by atoms with E-state index in [1.54, 1.807) is 12.4 Å². The number of imidazole rings is 1. The molecule has 1 fully saturated rings. The summed E-state index contributed by atoms with van der Waals surface area (Å²) in [7, 11) is 0. The molecule has 2 aromatic carbocycles. The largest absolute Gasteiger partial charge is 0.368 e. The fourth-order valence-corrected chi connectivity index (χ4v) is 4.01. The molecule has 6 nitrogen and oxygen atoms in total. The van der Waals surface area contributed by atoms with Gasteiger partial charge in [0.25, 0.3) is 5.91 Å². The van der Waals surface area contributed by atoms with Crippen LogP contribution in [0.4, 0.5) is 0 Å². The van der Waals surface area contributed by atoms with Crippen molar-refractivity contribution in [3.05, 3.63) is 54.4 Å². The summed E-state index contributed by atoms with van der Waals surface area (Å²) in [5.74, 6) is -0.700. The smallest absolute Gasteiger partial charge is 0.252 e.